The maximum absolute atomic E-state index is 12.3. The first-order valence-electron chi connectivity index (χ1n) is 7.75. The van der Waals surface area contributed by atoms with Gasteiger partial charge in [0.1, 0.15) is 6.04 Å². The predicted molar refractivity (Wildman–Crippen MR) is 98.8 cm³/mol. The standard InChI is InChI=1S/C19H16ClN3O2/c1-12(22-19(25)15-7-3-4-8-16(15)20)18(24)23-14-10-13-6-2-5-9-17(13)21-11-14/h2-12H,1H3,(H,22,25)(H,23,24)/t12-/m1/s1. The molecule has 0 saturated carbocycles. The molecular formula is C19H16ClN3O2. The van der Waals surface area contributed by atoms with E-state index in [1.54, 1.807) is 37.4 Å². The van der Waals surface area contributed by atoms with Gasteiger partial charge >= 0.3 is 0 Å². The molecule has 25 heavy (non-hydrogen) atoms. The molecule has 0 radical (unpaired) electrons. The molecule has 0 spiro atoms. The largest absolute Gasteiger partial charge is 0.340 e. The lowest BCUT2D eigenvalue weighted by Gasteiger charge is -2.15. The minimum atomic E-state index is -0.727. The number of hydrogen-bond acceptors (Lipinski definition) is 3. The van der Waals surface area contributed by atoms with Crippen molar-refractivity contribution < 1.29 is 9.59 Å². The second-order valence-corrected chi connectivity index (χ2v) is 5.99. The van der Waals surface area contributed by atoms with Crippen molar-refractivity contribution in [3.8, 4) is 0 Å². The third-order valence-electron chi connectivity index (χ3n) is 3.72. The minimum Gasteiger partial charge on any atom is -0.340 e. The molecule has 3 rings (SSSR count). The number of amides is 2. The summed E-state index contributed by atoms with van der Waals surface area (Å²) in [5, 5.41) is 6.66. The van der Waals surface area contributed by atoms with Crippen LogP contribution >= 0.6 is 11.6 Å². The summed E-state index contributed by atoms with van der Waals surface area (Å²) >= 11 is 6.00. The molecule has 0 fully saturated rings. The molecule has 0 bridgehead atoms. The smallest absolute Gasteiger partial charge is 0.253 e. The van der Waals surface area contributed by atoms with Crippen molar-refractivity contribution >= 4 is 40.0 Å². The summed E-state index contributed by atoms with van der Waals surface area (Å²) in [5.41, 5.74) is 1.75. The number of nitrogens with zero attached hydrogens (tertiary/aromatic N) is 1. The lowest BCUT2D eigenvalue weighted by molar-refractivity contribution is -0.117. The van der Waals surface area contributed by atoms with E-state index in [1.807, 2.05) is 30.3 Å². The summed E-state index contributed by atoms with van der Waals surface area (Å²) in [7, 11) is 0. The number of nitrogens with one attached hydrogen (secondary N) is 2. The van der Waals surface area contributed by atoms with Gasteiger partial charge in [-0.25, -0.2) is 0 Å². The Hall–Kier alpha value is -2.92. The van der Waals surface area contributed by atoms with Gasteiger partial charge in [0.25, 0.3) is 5.91 Å². The van der Waals surface area contributed by atoms with Gasteiger partial charge in [-0.15, -0.1) is 0 Å². The fourth-order valence-electron chi connectivity index (χ4n) is 2.38. The number of fused-ring (bicyclic) bond motifs is 1. The van der Waals surface area contributed by atoms with Crippen molar-refractivity contribution in [2.75, 3.05) is 5.32 Å². The SMILES string of the molecule is C[C@@H](NC(=O)c1ccccc1Cl)C(=O)Nc1cnc2ccccc2c1. The number of para-hydroxylation sites is 1. The molecule has 5 nitrogen and oxygen atoms in total. The lowest BCUT2D eigenvalue weighted by atomic mass is 10.2. The Bertz CT molecular complexity index is 943. The Morgan fingerprint density at radius 3 is 2.60 bits per heavy atom. The zero-order chi connectivity index (χ0) is 17.8. The number of pyridine rings is 1. The van der Waals surface area contributed by atoms with E-state index in [1.165, 1.54) is 0 Å². The number of halogens is 1. The van der Waals surface area contributed by atoms with Gasteiger partial charge in [0.15, 0.2) is 0 Å². The Morgan fingerprint density at radius 2 is 1.80 bits per heavy atom. The van der Waals surface area contributed by atoms with Crippen molar-refractivity contribution in [3.63, 3.8) is 0 Å². The van der Waals surface area contributed by atoms with Gasteiger partial charge < -0.3 is 10.6 Å². The first kappa shape index (κ1) is 16.9. The average molecular weight is 354 g/mol. The van der Waals surface area contributed by atoms with E-state index in [2.05, 4.69) is 15.6 Å². The molecule has 1 atom stereocenters. The van der Waals surface area contributed by atoms with Gasteiger partial charge in [-0.05, 0) is 31.2 Å². The molecule has 0 unspecified atom stereocenters. The second-order valence-electron chi connectivity index (χ2n) is 5.58. The summed E-state index contributed by atoms with van der Waals surface area (Å²) in [6, 6.07) is 15.4. The molecule has 1 aromatic heterocycles. The second kappa shape index (κ2) is 7.32. The Kier molecular flexibility index (Phi) is 4.95. The van der Waals surface area contributed by atoms with E-state index in [0.717, 1.165) is 10.9 Å². The number of rotatable bonds is 4. The van der Waals surface area contributed by atoms with Crippen LogP contribution < -0.4 is 10.6 Å². The summed E-state index contributed by atoms with van der Waals surface area (Å²) in [4.78, 5) is 28.8. The number of aromatic nitrogens is 1. The molecule has 2 amide bonds. The fraction of sp³-hybridized carbons (Fsp3) is 0.105. The number of carbonyl (C=O) groups excluding carboxylic acids is 2. The van der Waals surface area contributed by atoms with Gasteiger partial charge in [0.2, 0.25) is 5.91 Å². The molecule has 6 heteroatoms. The molecule has 0 saturated heterocycles. The first-order valence-corrected chi connectivity index (χ1v) is 8.13. The quantitative estimate of drug-likeness (QED) is 0.752. The maximum Gasteiger partial charge on any atom is 0.253 e. The molecule has 1 heterocycles. The van der Waals surface area contributed by atoms with E-state index in [-0.39, 0.29) is 5.91 Å². The van der Waals surface area contributed by atoms with E-state index >= 15 is 0 Å². The predicted octanol–water partition coefficient (Wildman–Crippen LogP) is 3.65. The molecular weight excluding hydrogens is 338 g/mol. The summed E-state index contributed by atoms with van der Waals surface area (Å²) < 4.78 is 0. The zero-order valence-corrected chi connectivity index (χ0v) is 14.2. The van der Waals surface area contributed by atoms with Crippen LogP contribution in [-0.2, 0) is 4.79 Å². The number of hydrogen-bond donors (Lipinski definition) is 2. The van der Waals surface area contributed by atoms with E-state index < -0.39 is 11.9 Å². The van der Waals surface area contributed by atoms with Gasteiger partial charge in [0.05, 0.1) is 28.0 Å². The Morgan fingerprint density at radius 1 is 1.08 bits per heavy atom. The van der Waals surface area contributed by atoms with Crippen LogP contribution in [0.2, 0.25) is 5.02 Å². The van der Waals surface area contributed by atoms with Crippen molar-refractivity contribution in [2.24, 2.45) is 0 Å². The highest BCUT2D eigenvalue weighted by atomic mass is 35.5. The number of anilines is 1. The molecule has 2 aromatic carbocycles. The highest BCUT2D eigenvalue weighted by molar-refractivity contribution is 6.33. The van der Waals surface area contributed by atoms with Crippen molar-refractivity contribution in [1.82, 2.24) is 10.3 Å². The molecule has 0 aliphatic heterocycles. The molecule has 3 aromatic rings. The topological polar surface area (TPSA) is 71.1 Å². The van der Waals surface area contributed by atoms with Crippen LogP contribution in [-0.4, -0.2) is 22.8 Å². The lowest BCUT2D eigenvalue weighted by Crippen LogP contribution is -2.41. The monoisotopic (exact) mass is 353 g/mol. The Labute approximate surface area is 150 Å². The van der Waals surface area contributed by atoms with Gasteiger partial charge in [-0.2, -0.15) is 0 Å². The third-order valence-corrected chi connectivity index (χ3v) is 4.05. The van der Waals surface area contributed by atoms with Crippen LogP contribution in [0.4, 0.5) is 5.69 Å². The summed E-state index contributed by atoms with van der Waals surface area (Å²) in [6.07, 6.45) is 1.59. The highest BCUT2D eigenvalue weighted by Gasteiger charge is 2.18. The van der Waals surface area contributed by atoms with Crippen LogP contribution in [0, 0.1) is 0 Å². The summed E-state index contributed by atoms with van der Waals surface area (Å²) in [6.45, 7) is 1.61. The van der Waals surface area contributed by atoms with Crippen molar-refractivity contribution in [3.05, 3.63) is 71.4 Å². The Balaban J connectivity index is 1.67. The zero-order valence-electron chi connectivity index (χ0n) is 13.5. The highest BCUT2D eigenvalue weighted by Crippen LogP contribution is 2.17. The molecule has 0 aliphatic rings. The maximum atomic E-state index is 12.3. The first-order chi connectivity index (χ1) is 12.0. The van der Waals surface area contributed by atoms with Gasteiger partial charge in [-0.3, -0.25) is 14.6 Å². The average Bonchev–Trinajstić information content (AvgIpc) is 2.61. The molecule has 0 aliphatic carbocycles. The van der Waals surface area contributed by atoms with Gasteiger partial charge in [-0.1, -0.05) is 41.9 Å². The van der Waals surface area contributed by atoms with E-state index in [9.17, 15) is 9.59 Å². The minimum absolute atomic E-state index is 0.330. The van der Waals surface area contributed by atoms with Crippen LogP contribution in [0.5, 0.6) is 0 Å². The molecule has 2 N–H and O–H groups in total. The number of benzene rings is 2. The fourth-order valence-corrected chi connectivity index (χ4v) is 2.60. The van der Waals surface area contributed by atoms with Crippen molar-refractivity contribution in [1.29, 1.82) is 0 Å². The van der Waals surface area contributed by atoms with E-state index in [0.29, 0.717) is 16.3 Å². The summed E-state index contributed by atoms with van der Waals surface area (Å²) in [5.74, 6) is -0.734. The van der Waals surface area contributed by atoms with Crippen LogP contribution in [0.1, 0.15) is 17.3 Å². The van der Waals surface area contributed by atoms with E-state index in [4.69, 9.17) is 11.6 Å². The van der Waals surface area contributed by atoms with Crippen LogP contribution in [0.15, 0.2) is 60.8 Å². The number of carbonyl (C=O) groups is 2. The van der Waals surface area contributed by atoms with Crippen molar-refractivity contribution in [2.45, 2.75) is 13.0 Å². The van der Waals surface area contributed by atoms with Crippen LogP contribution in [0.3, 0.4) is 0 Å². The van der Waals surface area contributed by atoms with Gasteiger partial charge in [0, 0.05) is 5.39 Å². The molecule has 126 valence electrons. The van der Waals surface area contributed by atoms with Crippen LogP contribution in [0.25, 0.3) is 10.9 Å². The normalized spacial score (nSPS) is 11.8. The third kappa shape index (κ3) is 3.95.